The summed E-state index contributed by atoms with van der Waals surface area (Å²) in [4.78, 5) is 9.49. The van der Waals surface area contributed by atoms with Crippen LogP contribution in [0.15, 0.2) is 29.4 Å². The highest BCUT2D eigenvalue weighted by molar-refractivity contribution is 7.79. The van der Waals surface area contributed by atoms with Gasteiger partial charge in [0.2, 0.25) is 5.88 Å². The largest absolute Gasteiger partial charge is 0.496 e. The Bertz CT molecular complexity index is 1180. The number of hydrogen-bond acceptors (Lipinski definition) is 9. The van der Waals surface area contributed by atoms with Gasteiger partial charge in [0.25, 0.3) is 0 Å². The van der Waals surface area contributed by atoms with Crippen LogP contribution in [0.4, 0.5) is 0 Å². The Morgan fingerprint density at radius 1 is 0.971 bits per heavy atom. The molecule has 0 unspecified atom stereocenters. The highest BCUT2D eigenvalue weighted by atomic mass is 32.3. The Balaban J connectivity index is 0.000000623. The smallest absolute Gasteiger partial charge is 0.394 e. The number of pyridine rings is 1. The van der Waals surface area contributed by atoms with Crippen LogP contribution in [0.25, 0.3) is 0 Å². The third kappa shape index (κ3) is 6.40. The molecule has 1 aromatic carbocycles. The molecule has 2 aromatic rings. The molecule has 1 aliphatic heterocycles. The predicted molar refractivity (Wildman–Crippen MR) is 128 cm³/mol. The molecule has 0 saturated heterocycles. The van der Waals surface area contributed by atoms with Gasteiger partial charge in [-0.1, -0.05) is 0 Å². The summed E-state index contributed by atoms with van der Waals surface area (Å²) >= 11 is 0. The number of methoxy groups -OCH3 is 3. The van der Waals surface area contributed by atoms with Crippen LogP contribution in [0.3, 0.4) is 0 Å². The zero-order valence-corrected chi connectivity index (χ0v) is 20.8. The summed E-state index contributed by atoms with van der Waals surface area (Å²) in [5.74, 6) is 2.62. The Labute approximate surface area is 204 Å². The average Bonchev–Trinajstić information content (AvgIpc) is 2.82. The average molecular weight is 511 g/mol. The third-order valence-corrected chi connectivity index (χ3v) is 5.90. The van der Waals surface area contributed by atoms with E-state index < -0.39 is 10.4 Å². The molecule has 0 amide bonds. The molecule has 192 valence electrons. The van der Waals surface area contributed by atoms with Crippen molar-refractivity contribution >= 4 is 16.1 Å². The number of benzene rings is 1. The first-order valence-corrected chi connectivity index (χ1v) is 12.4. The zero-order chi connectivity index (χ0) is 25.8. The summed E-state index contributed by atoms with van der Waals surface area (Å²) in [6.07, 6.45) is 3.69. The zero-order valence-electron chi connectivity index (χ0n) is 20.0. The number of ether oxygens (including phenoxy) is 4. The van der Waals surface area contributed by atoms with Gasteiger partial charge < -0.3 is 24.1 Å². The number of fused-ring (bicyclic) bond motifs is 3. The van der Waals surface area contributed by atoms with Crippen molar-refractivity contribution in [3.63, 3.8) is 0 Å². The summed E-state index contributed by atoms with van der Waals surface area (Å²) in [5, 5.41) is 10.3. The van der Waals surface area contributed by atoms with Crippen molar-refractivity contribution in [3.05, 3.63) is 41.1 Å². The van der Waals surface area contributed by atoms with Crippen molar-refractivity contribution in [1.29, 1.82) is 0 Å². The lowest BCUT2D eigenvalue weighted by molar-refractivity contribution is 0.111. The molecule has 2 aliphatic rings. The second-order valence-electron chi connectivity index (χ2n) is 8.02. The van der Waals surface area contributed by atoms with Crippen LogP contribution >= 0.6 is 0 Å². The van der Waals surface area contributed by atoms with Gasteiger partial charge in [-0.25, -0.2) is 4.98 Å². The van der Waals surface area contributed by atoms with E-state index in [0.29, 0.717) is 36.2 Å². The van der Waals surface area contributed by atoms with E-state index in [1.807, 2.05) is 19.1 Å². The van der Waals surface area contributed by atoms with Crippen LogP contribution in [-0.4, -0.2) is 73.4 Å². The molecule has 0 radical (unpaired) electrons. The van der Waals surface area contributed by atoms with Crippen molar-refractivity contribution in [3.8, 4) is 23.1 Å². The minimum atomic E-state index is -4.67. The van der Waals surface area contributed by atoms with Gasteiger partial charge in [0.15, 0.2) is 11.5 Å². The maximum absolute atomic E-state index is 10.3. The molecule has 2 heterocycles. The number of aliphatic imine (C=N–C) groups is 1. The Kier molecular flexibility index (Phi) is 8.54. The maximum atomic E-state index is 10.3. The quantitative estimate of drug-likeness (QED) is 0.494. The van der Waals surface area contributed by atoms with E-state index in [4.69, 9.17) is 41.5 Å². The fraction of sp³-hybridized carbons (Fsp3) is 0.478. The first-order chi connectivity index (χ1) is 16.6. The summed E-state index contributed by atoms with van der Waals surface area (Å²) in [6.45, 7) is 2.50. The van der Waals surface area contributed by atoms with E-state index in [1.165, 1.54) is 0 Å². The van der Waals surface area contributed by atoms with E-state index >= 15 is 0 Å². The molecule has 1 aliphatic carbocycles. The summed E-state index contributed by atoms with van der Waals surface area (Å²) in [6, 6.07) is 5.87. The second-order valence-corrected chi connectivity index (χ2v) is 8.91. The van der Waals surface area contributed by atoms with Crippen LogP contribution in [0.2, 0.25) is 0 Å². The van der Waals surface area contributed by atoms with Gasteiger partial charge in [0, 0.05) is 23.7 Å². The van der Waals surface area contributed by atoms with Crippen LogP contribution in [0.1, 0.15) is 48.8 Å². The fourth-order valence-electron chi connectivity index (χ4n) is 4.46. The van der Waals surface area contributed by atoms with Crippen LogP contribution in [-0.2, 0) is 10.4 Å². The van der Waals surface area contributed by atoms with Crippen molar-refractivity contribution in [2.75, 3.05) is 27.9 Å². The number of aromatic nitrogens is 1. The molecule has 3 atom stereocenters. The molecular formula is C23H30N2O9S. The molecule has 1 fully saturated rings. The Morgan fingerprint density at radius 3 is 2.26 bits per heavy atom. The molecular weight excluding hydrogens is 480 g/mol. The molecule has 12 heteroatoms. The van der Waals surface area contributed by atoms with E-state index in [9.17, 15) is 5.11 Å². The van der Waals surface area contributed by atoms with Crippen molar-refractivity contribution in [2.24, 2.45) is 4.99 Å². The summed E-state index contributed by atoms with van der Waals surface area (Å²) in [5.41, 5.74) is 3.69. The number of aliphatic hydroxyl groups excluding tert-OH is 1. The topological polar surface area (TPSA) is 157 Å². The van der Waals surface area contributed by atoms with E-state index in [0.717, 1.165) is 35.2 Å². The number of nitrogens with zero attached hydrogens (tertiary/aromatic N) is 2. The fourth-order valence-corrected chi connectivity index (χ4v) is 4.46. The van der Waals surface area contributed by atoms with Crippen molar-refractivity contribution in [2.45, 2.75) is 44.2 Å². The first-order valence-electron chi connectivity index (χ1n) is 11.0. The van der Waals surface area contributed by atoms with Crippen LogP contribution in [0, 0.1) is 0 Å². The lowest BCUT2D eigenvalue weighted by Gasteiger charge is -2.37. The molecule has 3 N–H and O–H groups in total. The standard InChI is InChI=1S/C23H28N2O5.H2O4S/c1-5-30-21-9-14-15-8-13(26)6-7-18(15)25-23(16(14)10-20(21)28-3)17-12-24-22(29-4)11-19(17)27-2;1-5(2,3)4/h9-13,15,18,26H,5-8H2,1-4H3;(H2,1,2,3,4)/t13-,15-,18-;/m1./s1. The van der Waals surface area contributed by atoms with Crippen LogP contribution < -0.4 is 18.9 Å². The Morgan fingerprint density at radius 2 is 1.66 bits per heavy atom. The summed E-state index contributed by atoms with van der Waals surface area (Å²) < 4.78 is 53.9. The van der Waals surface area contributed by atoms with E-state index in [-0.39, 0.29) is 18.1 Å². The highest BCUT2D eigenvalue weighted by Gasteiger charge is 2.38. The molecule has 0 spiro atoms. The third-order valence-electron chi connectivity index (χ3n) is 5.90. The number of hydrogen-bond donors (Lipinski definition) is 3. The predicted octanol–water partition coefficient (Wildman–Crippen LogP) is 2.70. The SMILES string of the molecule is CCOc1cc2c(cc1OC)C(c1cnc(OC)cc1OC)=N[C@@H]1CC[C@@H](O)C[C@H]21.O=S(=O)(O)O. The minimum Gasteiger partial charge on any atom is -0.496 e. The van der Waals surface area contributed by atoms with E-state index in [1.54, 1.807) is 33.6 Å². The lowest BCUT2D eigenvalue weighted by Crippen LogP contribution is -2.34. The van der Waals surface area contributed by atoms with Gasteiger partial charge in [-0.3, -0.25) is 14.1 Å². The molecule has 1 saturated carbocycles. The van der Waals surface area contributed by atoms with Gasteiger partial charge in [-0.2, -0.15) is 8.42 Å². The Hall–Kier alpha value is -2.93. The van der Waals surface area contributed by atoms with Gasteiger partial charge in [-0.05, 0) is 43.9 Å². The van der Waals surface area contributed by atoms with Crippen LogP contribution in [0.5, 0.6) is 23.1 Å². The lowest BCUT2D eigenvalue weighted by atomic mass is 9.74. The first kappa shape index (κ1) is 26.7. The maximum Gasteiger partial charge on any atom is 0.394 e. The second kappa shape index (κ2) is 11.2. The van der Waals surface area contributed by atoms with Gasteiger partial charge in [0.05, 0.1) is 51.4 Å². The molecule has 1 aromatic heterocycles. The molecule has 0 bridgehead atoms. The van der Waals surface area contributed by atoms with E-state index in [2.05, 4.69) is 4.98 Å². The highest BCUT2D eigenvalue weighted by Crippen LogP contribution is 2.45. The normalized spacial score (nSPS) is 20.9. The van der Waals surface area contributed by atoms with Crippen molar-refractivity contribution < 1.29 is 41.6 Å². The van der Waals surface area contributed by atoms with Gasteiger partial charge in [0.1, 0.15) is 5.75 Å². The molecule has 11 nitrogen and oxygen atoms in total. The molecule has 35 heavy (non-hydrogen) atoms. The monoisotopic (exact) mass is 510 g/mol. The van der Waals surface area contributed by atoms with Crippen molar-refractivity contribution in [1.82, 2.24) is 4.98 Å². The minimum absolute atomic E-state index is 0.0885. The van der Waals surface area contributed by atoms with Gasteiger partial charge >= 0.3 is 10.4 Å². The number of rotatable bonds is 6. The number of aliphatic hydroxyl groups is 1. The summed E-state index contributed by atoms with van der Waals surface area (Å²) in [7, 11) is 0.167. The van der Waals surface area contributed by atoms with Gasteiger partial charge in [-0.15, -0.1) is 0 Å². The molecule has 4 rings (SSSR count).